The Bertz CT molecular complexity index is 1220. The van der Waals surface area contributed by atoms with E-state index in [0.29, 0.717) is 17.5 Å². The van der Waals surface area contributed by atoms with Gasteiger partial charge in [-0.25, -0.2) is 4.98 Å². The molecule has 0 fully saturated rings. The van der Waals surface area contributed by atoms with Crippen LogP contribution in [0.15, 0.2) is 67.0 Å². The first-order valence-electron chi connectivity index (χ1n) is 9.19. The number of aryl methyl sites for hydroxylation is 1. The van der Waals surface area contributed by atoms with Crippen LogP contribution < -0.4 is 4.90 Å². The topological polar surface area (TPSA) is 74.8 Å². The lowest BCUT2D eigenvalue weighted by atomic mass is 10.1. The van der Waals surface area contributed by atoms with E-state index in [9.17, 15) is 4.79 Å². The van der Waals surface area contributed by atoms with Crippen LogP contribution in [-0.4, -0.2) is 27.5 Å². The summed E-state index contributed by atoms with van der Waals surface area (Å²) >= 11 is 0. The molecule has 29 heavy (non-hydrogen) atoms. The fraction of sp³-hybridized carbons (Fsp3) is 0.130. The van der Waals surface area contributed by atoms with Gasteiger partial charge < -0.3 is 9.47 Å². The zero-order valence-electron chi connectivity index (χ0n) is 16.2. The molecule has 6 heteroatoms. The van der Waals surface area contributed by atoms with Crippen LogP contribution in [0.2, 0.25) is 0 Å². The second-order valence-electron chi connectivity index (χ2n) is 6.85. The van der Waals surface area contributed by atoms with Crippen molar-refractivity contribution in [1.82, 2.24) is 14.5 Å². The Morgan fingerprint density at radius 1 is 1.10 bits per heavy atom. The predicted molar refractivity (Wildman–Crippen MR) is 112 cm³/mol. The number of rotatable bonds is 4. The summed E-state index contributed by atoms with van der Waals surface area (Å²) in [5.41, 5.74) is 4.94. The molecular weight excluding hydrogens is 362 g/mol. The van der Waals surface area contributed by atoms with Gasteiger partial charge in [0.25, 0.3) is 5.91 Å². The molecule has 2 aromatic carbocycles. The monoisotopic (exact) mass is 381 g/mol. The third-order valence-corrected chi connectivity index (χ3v) is 5.02. The average molecular weight is 381 g/mol. The molecule has 0 unspecified atom stereocenters. The number of hydrogen-bond acceptors (Lipinski definition) is 4. The third kappa shape index (κ3) is 3.58. The SMILES string of the molecule is CN(C(=O)c1ccncc1)c1ccc2c(c1)nc(Cc1ccc(C#N)cc1)n2C. The maximum atomic E-state index is 12.7. The Labute approximate surface area is 168 Å². The molecule has 0 bridgehead atoms. The van der Waals surface area contributed by atoms with E-state index in [1.807, 2.05) is 49.5 Å². The molecule has 1 amide bonds. The molecule has 2 aromatic heterocycles. The number of nitriles is 1. The maximum absolute atomic E-state index is 12.7. The number of anilines is 1. The number of amides is 1. The standard InChI is InChI=1S/C23H19N5O/c1-27(23(29)18-9-11-25-12-10-18)19-7-8-21-20(14-19)26-22(28(21)2)13-16-3-5-17(15-24)6-4-16/h3-12,14H,13H2,1-2H3. The molecule has 0 radical (unpaired) electrons. The molecule has 0 aliphatic rings. The van der Waals surface area contributed by atoms with Crippen molar-refractivity contribution in [3.63, 3.8) is 0 Å². The second-order valence-corrected chi connectivity index (χ2v) is 6.85. The van der Waals surface area contributed by atoms with E-state index < -0.39 is 0 Å². The number of imidazole rings is 1. The van der Waals surface area contributed by atoms with Crippen LogP contribution >= 0.6 is 0 Å². The molecule has 0 saturated carbocycles. The van der Waals surface area contributed by atoms with Gasteiger partial charge in [-0.2, -0.15) is 5.26 Å². The van der Waals surface area contributed by atoms with Crippen molar-refractivity contribution in [1.29, 1.82) is 5.26 Å². The Kier molecular flexibility index (Phi) is 4.80. The van der Waals surface area contributed by atoms with Gasteiger partial charge in [0.2, 0.25) is 0 Å². The largest absolute Gasteiger partial charge is 0.331 e. The summed E-state index contributed by atoms with van der Waals surface area (Å²) in [7, 11) is 3.74. The van der Waals surface area contributed by atoms with Crippen molar-refractivity contribution in [3.05, 3.63) is 89.5 Å². The van der Waals surface area contributed by atoms with Gasteiger partial charge in [-0.15, -0.1) is 0 Å². The van der Waals surface area contributed by atoms with Crippen molar-refractivity contribution in [3.8, 4) is 6.07 Å². The summed E-state index contributed by atoms with van der Waals surface area (Å²) in [6.07, 6.45) is 3.88. The lowest BCUT2D eigenvalue weighted by Gasteiger charge is -2.17. The fourth-order valence-corrected chi connectivity index (χ4v) is 3.29. The fourth-order valence-electron chi connectivity index (χ4n) is 3.29. The molecular formula is C23H19N5O. The van der Waals surface area contributed by atoms with E-state index in [-0.39, 0.29) is 5.91 Å². The highest BCUT2D eigenvalue weighted by Gasteiger charge is 2.15. The normalized spacial score (nSPS) is 10.7. The van der Waals surface area contributed by atoms with E-state index >= 15 is 0 Å². The van der Waals surface area contributed by atoms with E-state index in [2.05, 4.69) is 15.6 Å². The van der Waals surface area contributed by atoms with Crippen LogP contribution in [0.1, 0.15) is 27.3 Å². The van der Waals surface area contributed by atoms with Gasteiger partial charge in [-0.3, -0.25) is 9.78 Å². The third-order valence-electron chi connectivity index (χ3n) is 5.02. The first kappa shape index (κ1) is 18.4. The quantitative estimate of drug-likeness (QED) is 0.540. The molecule has 4 rings (SSSR count). The lowest BCUT2D eigenvalue weighted by Crippen LogP contribution is -2.26. The number of nitrogens with zero attached hydrogens (tertiary/aromatic N) is 5. The van der Waals surface area contributed by atoms with Crippen LogP contribution in [0, 0.1) is 11.3 Å². The van der Waals surface area contributed by atoms with Gasteiger partial charge in [-0.05, 0) is 48.0 Å². The van der Waals surface area contributed by atoms with Crippen LogP contribution in [0.4, 0.5) is 5.69 Å². The Hall–Kier alpha value is -3.98. The van der Waals surface area contributed by atoms with Gasteiger partial charge in [0.05, 0.1) is 22.7 Å². The molecule has 6 nitrogen and oxygen atoms in total. The number of carbonyl (C=O) groups is 1. The number of benzene rings is 2. The molecule has 0 aliphatic carbocycles. The molecule has 0 N–H and O–H groups in total. The molecule has 0 spiro atoms. The van der Waals surface area contributed by atoms with Crippen LogP contribution in [-0.2, 0) is 13.5 Å². The zero-order chi connectivity index (χ0) is 20.4. The summed E-state index contributed by atoms with van der Waals surface area (Å²) in [6, 6.07) is 18.9. The van der Waals surface area contributed by atoms with Crippen molar-refractivity contribution >= 4 is 22.6 Å². The minimum absolute atomic E-state index is 0.0968. The van der Waals surface area contributed by atoms with Gasteiger partial charge in [0, 0.05) is 44.2 Å². The molecule has 0 aliphatic heterocycles. The maximum Gasteiger partial charge on any atom is 0.258 e. The van der Waals surface area contributed by atoms with Crippen LogP contribution in [0.5, 0.6) is 0 Å². The van der Waals surface area contributed by atoms with Crippen molar-refractivity contribution < 1.29 is 4.79 Å². The number of aromatic nitrogens is 3. The van der Waals surface area contributed by atoms with Crippen molar-refractivity contribution in [2.75, 3.05) is 11.9 Å². The highest BCUT2D eigenvalue weighted by molar-refractivity contribution is 6.06. The molecule has 4 aromatic rings. The lowest BCUT2D eigenvalue weighted by molar-refractivity contribution is 0.0993. The summed E-state index contributed by atoms with van der Waals surface area (Å²) in [5, 5.41) is 8.94. The van der Waals surface area contributed by atoms with Gasteiger partial charge in [0.15, 0.2) is 0 Å². The minimum Gasteiger partial charge on any atom is -0.331 e. The Morgan fingerprint density at radius 2 is 1.83 bits per heavy atom. The summed E-state index contributed by atoms with van der Waals surface area (Å²) < 4.78 is 2.06. The number of fused-ring (bicyclic) bond motifs is 1. The highest BCUT2D eigenvalue weighted by atomic mass is 16.2. The molecule has 142 valence electrons. The van der Waals surface area contributed by atoms with Gasteiger partial charge >= 0.3 is 0 Å². The first-order chi connectivity index (χ1) is 14.1. The van der Waals surface area contributed by atoms with Crippen molar-refractivity contribution in [2.45, 2.75) is 6.42 Å². The Morgan fingerprint density at radius 3 is 2.52 bits per heavy atom. The van der Waals surface area contributed by atoms with Crippen molar-refractivity contribution in [2.24, 2.45) is 7.05 Å². The predicted octanol–water partition coefficient (Wildman–Crippen LogP) is 3.71. The van der Waals surface area contributed by atoms with Gasteiger partial charge in [-0.1, -0.05) is 12.1 Å². The number of hydrogen-bond donors (Lipinski definition) is 0. The summed E-state index contributed by atoms with van der Waals surface area (Å²) in [4.78, 5) is 23.0. The molecule has 2 heterocycles. The first-order valence-corrected chi connectivity index (χ1v) is 9.19. The average Bonchev–Trinajstić information content (AvgIpc) is 3.08. The van der Waals surface area contributed by atoms with E-state index in [1.54, 1.807) is 36.5 Å². The minimum atomic E-state index is -0.0968. The smallest absolute Gasteiger partial charge is 0.258 e. The molecule has 0 saturated heterocycles. The van der Waals surface area contributed by atoms with E-state index in [1.165, 1.54) is 0 Å². The summed E-state index contributed by atoms with van der Waals surface area (Å²) in [6.45, 7) is 0. The second kappa shape index (κ2) is 7.56. The molecule has 0 atom stereocenters. The van der Waals surface area contributed by atoms with E-state index in [4.69, 9.17) is 10.2 Å². The summed E-state index contributed by atoms with van der Waals surface area (Å²) in [5.74, 6) is 0.824. The number of pyridine rings is 1. The highest BCUT2D eigenvalue weighted by Crippen LogP contribution is 2.24. The van der Waals surface area contributed by atoms with Gasteiger partial charge in [0.1, 0.15) is 5.82 Å². The zero-order valence-corrected chi connectivity index (χ0v) is 16.2. The van der Waals surface area contributed by atoms with E-state index in [0.717, 1.165) is 28.1 Å². The Balaban J connectivity index is 1.62. The van der Waals surface area contributed by atoms with Crippen LogP contribution in [0.3, 0.4) is 0 Å². The van der Waals surface area contributed by atoms with Crippen LogP contribution in [0.25, 0.3) is 11.0 Å². The number of carbonyl (C=O) groups excluding carboxylic acids is 1.